The van der Waals surface area contributed by atoms with Crippen molar-refractivity contribution in [3.8, 4) is 0 Å². The van der Waals surface area contributed by atoms with Gasteiger partial charge in [0.15, 0.2) is 0 Å². The highest BCUT2D eigenvalue weighted by Crippen LogP contribution is 2.24. The first-order valence-electron chi connectivity index (χ1n) is 8.77. The van der Waals surface area contributed by atoms with Crippen LogP contribution in [0.25, 0.3) is 17.0 Å². The van der Waals surface area contributed by atoms with E-state index in [2.05, 4.69) is 10.6 Å². The van der Waals surface area contributed by atoms with Crippen LogP contribution in [-0.2, 0) is 20.9 Å². The van der Waals surface area contributed by atoms with Gasteiger partial charge in [0.1, 0.15) is 12.1 Å². The van der Waals surface area contributed by atoms with Gasteiger partial charge in [-0.05, 0) is 25.0 Å². The molecule has 1 aromatic carbocycles. The maximum Gasteiger partial charge on any atom is 0.328 e. The van der Waals surface area contributed by atoms with E-state index in [1.807, 2.05) is 33.7 Å². The van der Waals surface area contributed by atoms with Gasteiger partial charge in [0.05, 0.1) is 0 Å². The summed E-state index contributed by atoms with van der Waals surface area (Å²) in [6.07, 6.45) is 5.25. The molecule has 2 saturated heterocycles. The molecule has 4 rings (SSSR count). The highest BCUT2D eigenvalue weighted by molar-refractivity contribution is 6.31. The van der Waals surface area contributed by atoms with Gasteiger partial charge < -0.3 is 9.47 Å². The third kappa shape index (κ3) is 3.21. The molecular formula is C19H18N4O4. The Balaban J connectivity index is 1.70. The number of likely N-dealkylation sites (tertiary alicyclic amines) is 1. The Morgan fingerprint density at radius 3 is 2.41 bits per heavy atom. The van der Waals surface area contributed by atoms with Crippen LogP contribution in [0.1, 0.15) is 18.4 Å². The van der Waals surface area contributed by atoms with Crippen molar-refractivity contribution in [3.63, 3.8) is 0 Å². The van der Waals surface area contributed by atoms with Gasteiger partial charge in [0.25, 0.3) is 11.8 Å². The first-order chi connectivity index (χ1) is 13.0. The summed E-state index contributed by atoms with van der Waals surface area (Å²) in [4.78, 5) is 49.5. The van der Waals surface area contributed by atoms with Gasteiger partial charge >= 0.3 is 6.03 Å². The number of amides is 5. The molecule has 0 unspecified atom stereocenters. The minimum Gasteiger partial charge on any atom is -0.341 e. The van der Waals surface area contributed by atoms with Gasteiger partial charge in [0, 0.05) is 35.8 Å². The van der Waals surface area contributed by atoms with Crippen molar-refractivity contribution in [2.75, 3.05) is 13.1 Å². The number of imide groups is 2. The molecule has 2 fully saturated rings. The Bertz CT molecular complexity index is 976. The van der Waals surface area contributed by atoms with E-state index in [9.17, 15) is 19.2 Å². The normalized spacial score (nSPS) is 17.3. The Morgan fingerprint density at radius 2 is 1.70 bits per heavy atom. The summed E-state index contributed by atoms with van der Waals surface area (Å²) < 4.78 is 1.83. The summed E-state index contributed by atoms with van der Waals surface area (Å²) in [5.74, 6) is -1.44. The van der Waals surface area contributed by atoms with Crippen molar-refractivity contribution in [2.24, 2.45) is 0 Å². The quantitative estimate of drug-likeness (QED) is 0.625. The van der Waals surface area contributed by atoms with Gasteiger partial charge in [-0.3, -0.25) is 25.0 Å². The van der Waals surface area contributed by atoms with Crippen LogP contribution in [0.15, 0.2) is 36.0 Å². The van der Waals surface area contributed by atoms with Gasteiger partial charge in [-0.25, -0.2) is 4.79 Å². The number of nitrogens with one attached hydrogen (secondary N) is 2. The van der Waals surface area contributed by atoms with Crippen molar-refractivity contribution in [1.82, 2.24) is 20.1 Å². The van der Waals surface area contributed by atoms with E-state index in [0.29, 0.717) is 5.56 Å². The number of fused-ring (bicyclic) bond motifs is 1. The minimum atomic E-state index is -0.833. The van der Waals surface area contributed by atoms with Gasteiger partial charge in [-0.1, -0.05) is 18.2 Å². The first kappa shape index (κ1) is 17.0. The van der Waals surface area contributed by atoms with Crippen LogP contribution in [0, 0.1) is 0 Å². The lowest BCUT2D eigenvalue weighted by Gasteiger charge is -2.16. The summed E-state index contributed by atoms with van der Waals surface area (Å²) >= 11 is 0. The minimum absolute atomic E-state index is 0.0474. The molecule has 27 heavy (non-hydrogen) atoms. The molecule has 5 amide bonds. The fourth-order valence-electron chi connectivity index (χ4n) is 3.50. The van der Waals surface area contributed by atoms with Crippen molar-refractivity contribution in [3.05, 3.63) is 41.6 Å². The lowest BCUT2D eigenvalue weighted by atomic mass is 10.1. The monoisotopic (exact) mass is 366 g/mol. The maximum absolute atomic E-state index is 12.5. The Hall–Kier alpha value is -3.42. The van der Waals surface area contributed by atoms with Crippen LogP contribution in [-0.4, -0.2) is 46.3 Å². The summed E-state index contributed by atoms with van der Waals surface area (Å²) in [6, 6.07) is 6.64. The smallest absolute Gasteiger partial charge is 0.328 e. The number of benzene rings is 1. The lowest BCUT2D eigenvalue weighted by molar-refractivity contribution is -0.130. The number of aromatic nitrogens is 1. The second-order valence-electron chi connectivity index (χ2n) is 6.61. The van der Waals surface area contributed by atoms with Crippen molar-refractivity contribution < 1.29 is 19.2 Å². The third-order valence-electron chi connectivity index (χ3n) is 4.83. The van der Waals surface area contributed by atoms with Crippen molar-refractivity contribution in [2.45, 2.75) is 19.4 Å². The van der Waals surface area contributed by atoms with E-state index < -0.39 is 17.8 Å². The molecule has 3 heterocycles. The van der Waals surface area contributed by atoms with E-state index in [1.165, 1.54) is 6.08 Å². The van der Waals surface area contributed by atoms with Crippen molar-refractivity contribution >= 4 is 40.7 Å². The summed E-state index contributed by atoms with van der Waals surface area (Å²) in [6.45, 7) is 1.76. The largest absolute Gasteiger partial charge is 0.341 e. The predicted molar refractivity (Wildman–Crippen MR) is 97.4 cm³/mol. The summed E-state index contributed by atoms with van der Waals surface area (Å²) in [5.41, 5.74) is 1.32. The average molecular weight is 366 g/mol. The fraction of sp³-hybridized carbons (Fsp3) is 0.263. The predicted octanol–water partition coefficient (Wildman–Crippen LogP) is 1.01. The number of hydrogen-bond donors (Lipinski definition) is 2. The summed E-state index contributed by atoms with van der Waals surface area (Å²) in [5, 5.41) is 4.93. The Labute approximate surface area is 154 Å². The van der Waals surface area contributed by atoms with E-state index >= 15 is 0 Å². The lowest BCUT2D eigenvalue weighted by Crippen LogP contribution is -2.51. The standard InChI is InChI=1S/C19H18N4O4/c24-16(22-7-3-4-8-22)11-23-10-12(13-5-1-2-6-15(13)23)9-14-17(25)20-19(27)21-18(14)26/h1-2,5-6,9-10H,3-4,7-8,11H2,(H2,20,21,25,26,27). The molecule has 0 saturated carbocycles. The summed E-state index contributed by atoms with van der Waals surface area (Å²) in [7, 11) is 0. The molecule has 0 aliphatic carbocycles. The third-order valence-corrected chi connectivity index (χ3v) is 4.83. The molecule has 2 aliphatic heterocycles. The number of nitrogens with zero attached hydrogens (tertiary/aromatic N) is 2. The van der Waals surface area contributed by atoms with E-state index in [0.717, 1.165) is 36.8 Å². The zero-order valence-electron chi connectivity index (χ0n) is 14.5. The molecule has 0 atom stereocenters. The number of carbonyl (C=O) groups excluding carboxylic acids is 4. The van der Waals surface area contributed by atoms with Crippen LogP contribution in [0.5, 0.6) is 0 Å². The topological polar surface area (TPSA) is 101 Å². The van der Waals surface area contributed by atoms with E-state index in [4.69, 9.17) is 0 Å². The molecule has 2 aromatic rings. The molecule has 8 heteroatoms. The van der Waals surface area contributed by atoms with Crippen LogP contribution >= 0.6 is 0 Å². The molecule has 8 nitrogen and oxygen atoms in total. The average Bonchev–Trinajstić information content (AvgIpc) is 3.27. The molecule has 2 N–H and O–H groups in total. The van der Waals surface area contributed by atoms with Gasteiger partial charge in [-0.15, -0.1) is 0 Å². The van der Waals surface area contributed by atoms with E-state index in [-0.39, 0.29) is 18.0 Å². The van der Waals surface area contributed by atoms with Crippen LogP contribution < -0.4 is 10.6 Å². The molecule has 138 valence electrons. The molecule has 1 aromatic heterocycles. The number of hydrogen-bond acceptors (Lipinski definition) is 4. The van der Waals surface area contributed by atoms with Gasteiger partial charge in [0.2, 0.25) is 5.91 Å². The number of rotatable bonds is 3. The Kier molecular flexibility index (Phi) is 4.23. The molecule has 0 spiro atoms. The number of urea groups is 1. The SMILES string of the molecule is O=C1NC(=O)C(=Cc2cn(CC(=O)N3CCCC3)c3ccccc23)C(=O)N1. The highest BCUT2D eigenvalue weighted by atomic mass is 16.2. The maximum atomic E-state index is 12.5. The number of barbiturate groups is 1. The molecule has 0 radical (unpaired) electrons. The van der Waals surface area contributed by atoms with Crippen LogP contribution in [0.3, 0.4) is 0 Å². The van der Waals surface area contributed by atoms with E-state index in [1.54, 1.807) is 6.20 Å². The second kappa shape index (κ2) is 6.71. The van der Waals surface area contributed by atoms with Crippen LogP contribution in [0.2, 0.25) is 0 Å². The second-order valence-corrected chi connectivity index (χ2v) is 6.61. The van der Waals surface area contributed by atoms with Crippen LogP contribution in [0.4, 0.5) is 4.79 Å². The zero-order valence-corrected chi connectivity index (χ0v) is 14.5. The molecule has 0 bridgehead atoms. The van der Waals surface area contributed by atoms with Crippen molar-refractivity contribution in [1.29, 1.82) is 0 Å². The number of carbonyl (C=O) groups is 4. The zero-order chi connectivity index (χ0) is 19.0. The highest BCUT2D eigenvalue weighted by Gasteiger charge is 2.28. The fourth-order valence-corrected chi connectivity index (χ4v) is 3.50. The number of para-hydroxylation sites is 1. The first-order valence-corrected chi connectivity index (χ1v) is 8.77. The Morgan fingerprint density at radius 1 is 1.04 bits per heavy atom. The van der Waals surface area contributed by atoms with Gasteiger partial charge in [-0.2, -0.15) is 0 Å². The molecular weight excluding hydrogens is 348 g/mol. The molecule has 2 aliphatic rings.